The van der Waals surface area contributed by atoms with Gasteiger partial charge < -0.3 is 10.3 Å². The first-order valence-corrected chi connectivity index (χ1v) is 7.02. The molecule has 0 radical (unpaired) electrons. The minimum atomic E-state index is 0.591. The van der Waals surface area contributed by atoms with Crippen LogP contribution in [-0.4, -0.2) is 16.0 Å². The zero-order valence-corrected chi connectivity index (χ0v) is 11.3. The Morgan fingerprint density at radius 1 is 1.24 bits per heavy atom. The van der Waals surface area contributed by atoms with Gasteiger partial charge in [0.05, 0.1) is 11.0 Å². The van der Waals surface area contributed by atoms with Crippen LogP contribution >= 0.6 is 15.9 Å². The molecule has 2 aromatic rings. The highest BCUT2D eigenvalue weighted by atomic mass is 79.9. The summed E-state index contributed by atoms with van der Waals surface area (Å²) < 4.78 is 1.08. The third-order valence-electron chi connectivity index (χ3n) is 3.39. The summed E-state index contributed by atoms with van der Waals surface area (Å²) in [5.41, 5.74) is 2.10. The summed E-state index contributed by atoms with van der Waals surface area (Å²) in [5, 5.41) is 3.51. The number of H-pyrrole nitrogens is 1. The molecule has 3 rings (SSSR count). The highest BCUT2D eigenvalue weighted by Gasteiger charge is 2.14. The maximum absolute atomic E-state index is 4.56. The molecule has 0 amide bonds. The van der Waals surface area contributed by atoms with E-state index in [1.807, 2.05) is 12.1 Å². The predicted octanol–water partition coefficient (Wildman–Crippen LogP) is 4.07. The van der Waals surface area contributed by atoms with E-state index in [4.69, 9.17) is 0 Å². The van der Waals surface area contributed by atoms with Gasteiger partial charge in [-0.05, 0) is 31.0 Å². The molecule has 0 saturated heterocycles. The van der Waals surface area contributed by atoms with Crippen LogP contribution in [0.3, 0.4) is 0 Å². The van der Waals surface area contributed by atoms with Crippen molar-refractivity contribution in [1.82, 2.24) is 9.97 Å². The number of aromatic nitrogens is 2. The molecule has 4 heteroatoms. The molecular weight excluding hydrogens is 278 g/mol. The van der Waals surface area contributed by atoms with Gasteiger partial charge >= 0.3 is 0 Å². The van der Waals surface area contributed by atoms with Crippen LogP contribution in [0, 0.1) is 0 Å². The second kappa shape index (κ2) is 4.69. The van der Waals surface area contributed by atoms with Crippen molar-refractivity contribution in [1.29, 1.82) is 0 Å². The summed E-state index contributed by atoms with van der Waals surface area (Å²) in [6, 6.07) is 6.71. The van der Waals surface area contributed by atoms with E-state index >= 15 is 0 Å². The Kier molecular flexibility index (Phi) is 3.05. The first-order valence-electron chi connectivity index (χ1n) is 6.23. The fraction of sp³-hybridized carbons (Fsp3) is 0.462. The summed E-state index contributed by atoms with van der Waals surface area (Å²) in [5.74, 6) is 0.907. The van der Waals surface area contributed by atoms with Gasteiger partial charge in [0, 0.05) is 10.5 Å². The SMILES string of the molecule is Brc1ccc2nc(NC3CCCCC3)[nH]c2c1. The molecule has 1 aliphatic carbocycles. The van der Waals surface area contributed by atoms with E-state index in [1.165, 1.54) is 32.1 Å². The van der Waals surface area contributed by atoms with Crippen LogP contribution in [0.4, 0.5) is 5.95 Å². The van der Waals surface area contributed by atoms with Crippen molar-refractivity contribution in [3.63, 3.8) is 0 Å². The smallest absolute Gasteiger partial charge is 0.201 e. The zero-order valence-electron chi connectivity index (χ0n) is 9.67. The van der Waals surface area contributed by atoms with Gasteiger partial charge in [-0.2, -0.15) is 0 Å². The molecule has 0 aliphatic heterocycles. The average Bonchev–Trinajstić information content (AvgIpc) is 2.71. The molecule has 1 aromatic carbocycles. The van der Waals surface area contributed by atoms with Crippen LogP contribution in [-0.2, 0) is 0 Å². The number of halogens is 1. The largest absolute Gasteiger partial charge is 0.353 e. The van der Waals surface area contributed by atoms with Gasteiger partial charge in [-0.3, -0.25) is 0 Å². The fourth-order valence-corrected chi connectivity index (χ4v) is 2.85. The molecule has 1 fully saturated rings. The molecule has 0 bridgehead atoms. The quantitative estimate of drug-likeness (QED) is 0.876. The molecule has 0 atom stereocenters. The number of anilines is 1. The molecule has 1 saturated carbocycles. The number of rotatable bonds is 2. The number of hydrogen-bond acceptors (Lipinski definition) is 2. The van der Waals surface area contributed by atoms with Crippen LogP contribution in [0.5, 0.6) is 0 Å². The maximum atomic E-state index is 4.56. The lowest BCUT2D eigenvalue weighted by Crippen LogP contribution is -2.22. The predicted molar refractivity (Wildman–Crippen MR) is 74.3 cm³/mol. The number of benzene rings is 1. The lowest BCUT2D eigenvalue weighted by molar-refractivity contribution is 0.461. The van der Waals surface area contributed by atoms with E-state index in [9.17, 15) is 0 Å². The Labute approximate surface area is 109 Å². The first-order chi connectivity index (χ1) is 8.31. The summed E-state index contributed by atoms with van der Waals surface area (Å²) in [4.78, 5) is 7.89. The van der Waals surface area contributed by atoms with Gasteiger partial charge in [-0.1, -0.05) is 35.2 Å². The highest BCUT2D eigenvalue weighted by Crippen LogP contribution is 2.23. The molecule has 17 heavy (non-hydrogen) atoms. The van der Waals surface area contributed by atoms with Crippen LogP contribution in [0.25, 0.3) is 11.0 Å². The minimum absolute atomic E-state index is 0.591. The van der Waals surface area contributed by atoms with Crippen molar-refractivity contribution in [2.45, 2.75) is 38.1 Å². The molecule has 1 aliphatic rings. The molecule has 0 spiro atoms. The maximum Gasteiger partial charge on any atom is 0.201 e. The Bertz CT molecular complexity index is 514. The molecule has 0 unspecified atom stereocenters. The van der Waals surface area contributed by atoms with Crippen LogP contribution in [0.15, 0.2) is 22.7 Å². The lowest BCUT2D eigenvalue weighted by Gasteiger charge is -2.22. The van der Waals surface area contributed by atoms with Crippen LogP contribution in [0.1, 0.15) is 32.1 Å². The van der Waals surface area contributed by atoms with Gasteiger partial charge in [0.15, 0.2) is 0 Å². The molecular formula is C13H16BrN3. The molecule has 1 heterocycles. The Morgan fingerprint density at radius 2 is 2.06 bits per heavy atom. The number of nitrogens with zero attached hydrogens (tertiary/aromatic N) is 1. The van der Waals surface area contributed by atoms with Gasteiger partial charge in [0.1, 0.15) is 0 Å². The standard InChI is InChI=1S/C13H16BrN3/c14-9-6-7-11-12(8-9)17-13(16-11)15-10-4-2-1-3-5-10/h6-8,10H,1-5H2,(H2,15,16,17). The second-order valence-corrected chi connectivity index (χ2v) is 5.64. The van der Waals surface area contributed by atoms with Crippen molar-refractivity contribution in [2.75, 3.05) is 5.32 Å². The average molecular weight is 294 g/mol. The summed E-state index contributed by atoms with van der Waals surface area (Å²) in [6.07, 6.45) is 6.58. The van der Waals surface area contributed by atoms with E-state index in [0.29, 0.717) is 6.04 Å². The van der Waals surface area contributed by atoms with Gasteiger partial charge in [-0.25, -0.2) is 4.98 Å². The summed E-state index contributed by atoms with van der Waals surface area (Å²) in [6.45, 7) is 0. The topological polar surface area (TPSA) is 40.7 Å². The van der Waals surface area contributed by atoms with Crippen molar-refractivity contribution < 1.29 is 0 Å². The first kappa shape index (κ1) is 11.1. The fourth-order valence-electron chi connectivity index (χ4n) is 2.49. The van der Waals surface area contributed by atoms with Gasteiger partial charge in [0.25, 0.3) is 0 Å². The number of nitrogens with one attached hydrogen (secondary N) is 2. The van der Waals surface area contributed by atoms with Crippen LogP contribution in [0.2, 0.25) is 0 Å². The van der Waals surface area contributed by atoms with E-state index in [-0.39, 0.29) is 0 Å². The third-order valence-corrected chi connectivity index (χ3v) is 3.88. The van der Waals surface area contributed by atoms with E-state index in [2.05, 4.69) is 37.3 Å². The number of imidazole rings is 1. The lowest BCUT2D eigenvalue weighted by atomic mass is 9.96. The Balaban J connectivity index is 1.80. The van der Waals surface area contributed by atoms with E-state index in [1.54, 1.807) is 0 Å². The van der Waals surface area contributed by atoms with Crippen molar-refractivity contribution in [3.8, 4) is 0 Å². The summed E-state index contributed by atoms with van der Waals surface area (Å²) >= 11 is 3.47. The van der Waals surface area contributed by atoms with Crippen molar-refractivity contribution in [3.05, 3.63) is 22.7 Å². The van der Waals surface area contributed by atoms with Gasteiger partial charge in [0.2, 0.25) is 5.95 Å². The monoisotopic (exact) mass is 293 g/mol. The molecule has 90 valence electrons. The molecule has 2 N–H and O–H groups in total. The number of aromatic amines is 1. The van der Waals surface area contributed by atoms with Crippen molar-refractivity contribution in [2.24, 2.45) is 0 Å². The van der Waals surface area contributed by atoms with E-state index in [0.717, 1.165) is 21.5 Å². The Morgan fingerprint density at radius 3 is 2.88 bits per heavy atom. The third kappa shape index (κ3) is 2.46. The second-order valence-electron chi connectivity index (χ2n) is 4.73. The highest BCUT2D eigenvalue weighted by molar-refractivity contribution is 9.10. The van der Waals surface area contributed by atoms with Gasteiger partial charge in [-0.15, -0.1) is 0 Å². The normalized spacial score (nSPS) is 17.5. The number of fused-ring (bicyclic) bond motifs is 1. The Hall–Kier alpha value is -1.03. The summed E-state index contributed by atoms with van der Waals surface area (Å²) in [7, 11) is 0. The van der Waals surface area contributed by atoms with E-state index < -0.39 is 0 Å². The molecule has 3 nitrogen and oxygen atoms in total. The van der Waals surface area contributed by atoms with Crippen molar-refractivity contribution >= 4 is 32.9 Å². The minimum Gasteiger partial charge on any atom is -0.353 e. The number of hydrogen-bond donors (Lipinski definition) is 2. The van der Waals surface area contributed by atoms with Crippen LogP contribution < -0.4 is 5.32 Å². The zero-order chi connectivity index (χ0) is 11.7. The molecule has 1 aromatic heterocycles.